The smallest absolute Gasteiger partial charge is 0.422 e. The fraction of sp³-hybridized carbons (Fsp3) is 0.304. The lowest BCUT2D eigenvalue weighted by atomic mass is 9.75. The Kier molecular flexibility index (Phi) is 5.96. The van der Waals surface area contributed by atoms with Gasteiger partial charge in [0.1, 0.15) is 5.75 Å². The van der Waals surface area contributed by atoms with Gasteiger partial charge in [-0.05, 0) is 47.7 Å². The Morgan fingerprint density at radius 3 is 2.48 bits per heavy atom. The summed E-state index contributed by atoms with van der Waals surface area (Å²) in [5.41, 5.74) is -3.88. The minimum Gasteiger partial charge on any atom is -0.497 e. The molecule has 0 aliphatic rings. The zero-order valence-corrected chi connectivity index (χ0v) is 17.3. The highest BCUT2D eigenvalue weighted by Gasteiger charge is 2.55. The van der Waals surface area contributed by atoms with Gasteiger partial charge >= 0.3 is 6.18 Å². The van der Waals surface area contributed by atoms with Crippen LogP contribution < -0.4 is 10.3 Å². The van der Waals surface area contributed by atoms with Crippen molar-refractivity contribution in [3.05, 3.63) is 70.6 Å². The van der Waals surface area contributed by atoms with Crippen LogP contribution in [0.4, 0.5) is 18.9 Å². The normalized spacial score (nSPS) is 14.7. The number of alkyl halides is 3. The number of H-pyrrole nitrogens is 1. The van der Waals surface area contributed by atoms with Crippen molar-refractivity contribution in [2.45, 2.75) is 37.5 Å². The number of rotatable bonds is 6. The van der Waals surface area contributed by atoms with Crippen LogP contribution in [0.25, 0.3) is 10.8 Å². The van der Waals surface area contributed by atoms with E-state index in [9.17, 15) is 23.1 Å². The summed E-state index contributed by atoms with van der Waals surface area (Å²) in [6.45, 7) is 3.23. The maximum Gasteiger partial charge on any atom is 0.422 e. The summed E-state index contributed by atoms with van der Waals surface area (Å²) in [4.78, 5) is 18.4. The van der Waals surface area contributed by atoms with Crippen LogP contribution in [0, 0.1) is 0 Å². The molecule has 1 atom stereocenters. The summed E-state index contributed by atoms with van der Waals surface area (Å²) in [7, 11) is 1.47. The number of halogens is 3. The summed E-state index contributed by atoms with van der Waals surface area (Å²) >= 11 is 0. The third kappa shape index (κ3) is 4.64. The van der Waals surface area contributed by atoms with Crippen LogP contribution in [0.5, 0.6) is 5.75 Å². The summed E-state index contributed by atoms with van der Waals surface area (Å²) in [5.74, 6) is 0.510. The molecule has 5 nitrogen and oxygen atoms in total. The Labute approximate surface area is 177 Å². The van der Waals surface area contributed by atoms with Crippen molar-refractivity contribution >= 4 is 22.7 Å². The predicted molar refractivity (Wildman–Crippen MR) is 114 cm³/mol. The molecular formula is C23H23F3N2O3. The molecular weight excluding hydrogens is 409 g/mol. The van der Waals surface area contributed by atoms with Crippen molar-refractivity contribution in [1.82, 2.24) is 4.98 Å². The van der Waals surface area contributed by atoms with Crippen molar-refractivity contribution in [3.8, 4) is 5.75 Å². The van der Waals surface area contributed by atoms with Crippen LogP contribution in [0.15, 0.2) is 64.5 Å². The van der Waals surface area contributed by atoms with Crippen LogP contribution in [0.2, 0.25) is 0 Å². The quantitative estimate of drug-likeness (QED) is 0.544. The molecule has 0 saturated carbocycles. The second kappa shape index (κ2) is 8.19. The Bertz CT molecular complexity index is 1170. The number of hydrogen-bond acceptors (Lipinski definition) is 4. The van der Waals surface area contributed by atoms with E-state index in [4.69, 9.17) is 4.74 Å². The van der Waals surface area contributed by atoms with E-state index in [1.54, 1.807) is 50.2 Å². The number of aromatic amines is 1. The van der Waals surface area contributed by atoms with E-state index in [0.717, 1.165) is 0 Å². The van der Waals surface area contributed by atoms with Gasteiger partial charge in [-0.3, -0.25) is 9.79 Å². The summed E-state index contributed by atoms with van der Waals surface area (Å²) in [6, 6.07) is 12.8. The van der Waals surface area contributed by atoms with E-state index in [0.29, 0.717) is 28.3 Å². The average Bonchev–Trinajstić information content (AvgIpc) is 2.71. The molecule has 1 heterocycles. The fourth-order valence-electron chi connectivity index (χ4n) is 3.53. The summed E-state index contributed by atoms with van der Waals surface area (Å²) < 4.78 is 47.0. The number of benzene rings is 2. The first-order chi connectivity index (χ1) is 14.5. The number of aliphatic imine (C=N–C) groups is 1. The van der Waals surface area contributed by atoms with Gasteiger partial charge in [0.2, 0.25) is 0 Å². The molecule has 0 fully saturated rings. The minimum absolute atomic E-state index is 0.158. The SMILES string of the molecule is COc1cccc(C(C)(C)CC(O)(C=Nc2cccc3c(=O)[nH]ccc23)C(F)(F)F)c1. The lowest BCUT2D eigenvalue weighted by molar-refractivity contribution is -0.234. The van der Waals surface area contributed by atoms with Gasteiger partial charge in [-0.25, -0.2) is 0 Å². The fourth-order valence-corrected chi connectivity index (χ4v) is 3.53. The van der Waals surface area contributed by atoms with Crippen molar-refractivity contribution in [2.24, 2.45) is 4.99 Å². The molecule has 0 radical (unpaired) electrons. The molecule has 0 amide bonds. The van der Waals surface area contributed by atoms with Crippen molar-refractivity contribution in [2.75, 3.05) is 7.11 Å². The first kappa shape index (κ1) is 22.6. The predicted octanol–water partition coefficient (Wildman–Crippen LogP) is 4.90. The van der Waals surface area contributed by atoms with Crippen LogP contribution in [0.1, 0.15) is 25.8 Å². The molecule has 164 valence electrons. The molecule has 1 unspecified atom stereocenters. The van der Waals surface area contributed by atoms with E-state index in [1.165, 1.54) is 25.4 Å². The van der Waals surface area contributed by atoms with E-state index in [2.05, 4.69) is 9.98 Å². The average molecular weight is 432 g/mol. The lowest BCUT2D eigenvalue weighted by Gasteiger charge is -2.35. The second-order valence-corrected chi connectivity index (χ2v) is 8.02. The highest BCUT2D eigenvalue weighted by Crippen LogP contribution is 2.41. The molecule has 3 rings (SSSR count). The first-order valence-electron chi connectivity index (χ1n) is 9.56. The highest BCUT2D eigenvalue weighted by molar-refractivity contribution is 5.93. The Hall–Kier alpha value is -3.13. The number of ether oxygens (including phenoxy) is 1. The Morgan fingerprint density at radius 2 is 1.81 bits per heavy atom. The monoisotopic (exact) mass is 432 g/mol. The van der Waals surface area contributed by atoms with Gasteiger partial charge in [0.15, 0.2) is 5.60 Å². The Morgan fingerprint density at radius 1 is 1.10 bits per heavy atom. The van der Waals surface area contributed by atoms with Gasteiger partial charge in [-0.2, -0.15) is 13.2 Å². The van der Waals surface area contributed by atoms with E-state index in [-0.39, 0.29) is 11.2 Å². The molecule has 1 aromatic heterocycles. The third-order valence-corrected chi connectivity index (χ3v) is 5.26. The standard InChI is InChI=1S/C23H23F3N2O3/c1-21(2,15-6-4-7-16(12-15)31-3)13-22(30,23(24,25)26)14-28-19-9-5-8-18-17(19)10-11-27-20(18)29/h4-12,14,30H,13H2,1-3H3,(H,27,29). The van der Waals surface area contributed by atoms with E-state index >= 15 is 0 Å². The van der Waals surface area contributed by atoms with Gasteiger partial charge in [0.25, 0.3) is 5.56 Å². The number of aromatic nitrogens is 1. The van der Waals surface area contributed by atoms with Crippen molar-refractivity contribution < 1.29 is 23.0 Å². The number of pyridine rings is 1. The van der Waals surface area contributed by atoms with E-state index in [1.807, 2.05) is 0 Å². The lowest BCUT2D eigenvalue weighted by Crippen LogP contribution is -2.50. The van der Waals surface area contributed by atoms with Crippen LogP contribution in [-0.4, -0.2) is 35.2 Å². The van der Waals surface area contributed by atoms with E-state index < -0.39 is 23.6 Å². The molecule has 2 aromatic carbocycles. The van der Waals surface area contributed by atoms with Crippen molar-refractivity contribution in [1.29, 1.82) is 0 Å². The van der Waals surface area contributed by atoms with Gasteiger partial charge < -0.3 is 14.8 Å². The molecule has 0 aliphatic carbocycles. The van der Waals surface area contributed by atoms with Gasteiger partial charge in [-0.1, -0.05) is 32.0 Å². The molecule has 2 N–H and O–H groups in total. The molecule has 0 bridgehead atoms. The highest BCUT2D eigenvalue weighted by atomic mass is 19.4. The maximum atomic E-state index is 14.0. The molecule has 31 heavy (non-hydrogen) atoms. The molecule has 0 aliphatic heterocycles. The maximum absolute atomic E-state index is 14.0. The first-order valence-corrected chi connectivity index (χ1v) is 9.56. The van der Waals surface area contributed by atoms with Crippen molar-refractivity contribution in [3.63, 3.8) is 0 Å². The largest absolute Gasteiger partial charge is 0.497 e. The van der Waals surface area contributed by atoms with Crippen LogP contribution in [0.3, 0.4) is 0 Å². The van der Waals surface area contributed by atoms with Gasteiger partial charge in [0.05, 0.1) is 12.8 Å². The topological polar surface area (TPSA) is 74.7 Å². The molecule has 3 aromatic rings. The number of nitrogens with one attached hydrogen (secondary N) is 1. The number of aliphatic hydroxyl groups is 1. The zero-order chi connectivity index (χ0) is 22.9. The molecule has 0 spiro atoms. The molecule has 0 saturated heterocycles. The molecule has 8 heteroatoms. The second-order valence-electron chi connectivity index (χ2n) is 8.02. The number of fused-ring (bicyclic) bond motifs is 1. The van der Waals surface area contributed by atoms with Crippen LogP contribution >= 0.6 is 0 Å². The third-order valence-electron chi connectivity index (χ3n) is 5.26. The zero-order valence-electron chi connectivity index (χ0n) is 17.3. The minimum atomic E-state index is -4.96. The summed E-state index contributed by atoms with van der Waals surface area (Å²) in [6.07, 6.45) is -3.71. The number of methoxy groups -OCH3 is 1. The van der Waals surface area contributed by atoms with Gasteiger partial charge in [-0.15, -0.1) is 0 Å². The van der Waals surface area contributed by atoms with Crippen LogP contribution in [-0.2, 0) is 5.41 Å². The number of hydrogen-bond donors (Lipinski definition) is 2. The summed E-state index contributed by atoms with van der Waals surface area (Å²) in [5, 5.41) is 11.4. The number of nitrogens with zero attached hydrogens (tertiary/aromatic N) is 1. The Balaban J connectivity index is 2.02. The van der Waals surface area contributed by atoms with Gasteiger partial charge in [0, 0.05) is 23.2 Å².